The van der Waals surface area contributed by atoms with Crippen molar-refractivity contribution in [2.75, 3.05) is 0 Å². The molecule has 2 aromatic rings. The molecule has 1 aromatic heterocycles. The van der Waals surface area contributed by atoms with Gasteiger partial charge in [-0.1, -0.05) is 99.6 Å². The van der Waals surface area contributed by atoms with Crippen molar-refractivity contribution in [3.05, 3.63) is 65.5 Å². The van der Waals surface area contributed by atoms with Gasteiger partial charge in [-0.15, -0.1) is 0 Å². The predicted molar refractivity (Wildman–Crippen MR) is 136 cm³/mol. The van der Waals surface area contributed by atoms with Crippen LogP contribution in [-0.2, 0) is 5.41 Å². The van der Waals surface area contributed by atoms with Crippen molar-refractivity contribution in [2.45, 2.75) is 94.4 Å². The van der Waals surface area contributed by atoms with Gasteiger partial charge in [-0.2, -0.15) is 0 Å². The van der Waals surface area contributed by atoms with Crippen molar-refractivity contribution >= 4 is 11.1 Å². The van der Waals surface area contributed by atoms with Crippen LogP contribution in [0.1, 0.15) is 106 Å². The van der Waals surface area contributed by atoms with Gasteiger partial charge in [0, 0.05) is 11.6 Å². The van der Waals surface area contributed by atoms with Crippen LogP contribution in [0.3, 0.4) is 0 Å². The number of benzene rings is 1. The first-order valence-electron chi connectivity index (χ1n) is 12.1. The third-order valence-corrected chi connectivity index (χ3v) is 6.81. The molecule has 1 fully saturated rings. The maximum Gasteiger partial charge on any atom is 0.0673 e. The fraction of sp³-hybridized carbons (Fsp3) is 0.552. The quantitative estimate of drug-likeness (QED) is 0.459. The van der Waals surface area contributed by atoms with E-state index < -0.39 is 0 Å². The molecule has 4 rings (SSSR count). The highest BCUT2D eigenvalue weighted by Gasteiger charge is 2.65. The second-order valence-corrected chi connectivity index (χ2v) is 8.78. The standard InChI is InChI=1S/C23H27N.3C2H6/c1-16-17-10-6-7-11-18(17)23(20(16)19-12-8-9-15-24-19)21(2,3)13-14-22(23,4)5;3*1-2/h6-12,15H,13-14H2,1-5H3;3*1-2H3. The van der Waals surface area contributed by atoms with E-state index in [1.165, 1.54) is 35.1 Å². The molecule has 0 amide bonds. The number of aromatic nitrogens is 1. The molecule has 1 aromatic carbocycles. The highest BCUT2D eigenvalue weighted by Crippen LogP contribution is 2.72. The highest BCUT2D eigenvalue weighted by molar-refractivity contribution is 6.01. The zero-order chi connectivity index (χ0) is 23.2. The minimum atomic E-state index is 0.0228. The van der Waals surface area contributed by atoms with E-state index in [9.17, 15) is 0 Å². The van der Waals surface area contributed by atoms with Crippen molar-refractivity contribution in [2.24, 2.45) is 10.8 Å². The summed E-state index contributed by atoms with van der Waals surface area (Å²) < 4.78 is 0. The Balaban J connectivity index is 0.000000691. The van der Waals surface area contributed by atoms with Crippen molar-refractivity contribution in [3.8, 4) is 0 Å². The molecular weight excluding hydrogens is 362 g/mol. The molecule has 0 unspecified atom stereocenters. The van der Waals surface area contributed by atoms with Gasteiger partial charge in [0.25, 0.3) is 0 Å². The van der Waals surface area contributed by atoms with Gasteiger partial charge in [-0.3, -0.25) is 4.98 Å². The molecule has 0 N–H and O–H groups in total. The van der Waals surface area contributed by atoms with E-state index in [4.69, 9.17) is 4.98 Å². The fourth-order valence-corrected chi connectivity index (χ4v) is 5.90. The zero-order valence-electron chi connectivity index (χ0n) is 21.5. The van der Waals surface area contributed by atoms with Gasteiger partial charge in [0.1, 0.15) is 0 Å². The molecule has 0 saturated heterocycles. The van der Waals surface area contributed by atoms with E-state index >= 15 is 0 Å². The van der Waals surface area contributed by atoms with Gasteiger partial charge in [0.2, 0.25) is 0 Å². The van der Waals surface area contributed by atoms with E-state index in [0.717, 1.165) is 5.69 Å². The number of fused-ring (bicyclic) bond motifs is 2. The minimum absolute atomic E-state index is 0.0228. The second-order valence-electron chi connectivity index (χ2n) is 8.78. The third kappa shape index (κ3) is 3.77. The fourth-order valence-electron chi connectivity index (χ4n) is 5.90. The Morgan fingerprint density at radius 1 is 0.700 bits per heavy atom. The summed E-state index contributed by atoms with van der Waals surface area (Å²) >= 11 is 0. The number of hydrogen-bond donors (Lipinski definition) is 0. The van der Waals surface area contributed by atoms with E-state index in [0.29, 0.717) is 0 Å². The Labute approximate surface area is 187 Å². The van der Waals surface area contributed by atoms with Crippen LogP contribution >= 0.6 is 0 Å². The average molecular weight is 408 g/mol. The number of rotatable bonds is 1. The predicted octanol–water partition coefficient (Wildman–Crippen LogP) is 9.19. The molecular formula is C29H45N. The Morgan fingerprint density at radius 2 is 1.20 bits per heavy atom. The molecule has 0 aliphatic heterocycles. The Kier molecular flexibility index (Phi) is 9.08. The Morgan fingerprint density at radius 3 is 1.70 bits per heavy atom. The number of allylic oxidation sites excluding steroid dienone is 2. The molecule has 1 spiro atoms. The first kappa shape index (κ1) is 26.1. The number of hydrogen-bond acceptors (Lipinski definition) is 1. The van der Waals surface area contributed by atoms with Gasteiger partial charge in [0.15, 0.2) is 0 Å². The molecule has 1 heteroatoms. The van der Waals surface area contributed by atoms with E-state index in [1.807, 2.05) is 53.8 Å². The van der Waals surface area contributed by atoms with Gasteiger partial charge >= 0.3 is 0 Å². The number of pyridine rings is 1. The minimum Gasteiger partial charge on any atom is -0.257 e. The van der Waals surface area contributed by atoms with Crippen LogP contribution in [0, 0.1) is 10.8 Å². The van der Waals surface area contributed by atoms with Gasteiger partial charge < -0.3 is 0 Å². The van der Waals surface area contributed by atoms with Crippen LogP contribution in [0.4, 0.5) is 0 Å². The smallest absolute Gasteiger partial charge is 0.0673 e. The SMILES string of the molecule is CC.CC.CC.CC1=C(c2ccccn2)C2(c3ccccc31)C(C)(C)CCC2(C)C. The monoisotopic (exact) mass is 407 g/mol. The Bertz CT molecular complexity index is 808. The van der Waals surface area contributed by atoms with Gasteiger partial charge in [0.05, 0.1) is 5.69 Å². The molecule has 166 valence electrons. The maximum atomic E-state index is 4.79. The van der Waals surface area contributed by atoms with Crippen molar-refractivity contribution in [1.29, 1.82) is 0 Å². The average Bonchev–Trinajstić information content (AvgIpc) is 3.18. The molecule has 30 heavy (non-hydrogen) atoms. The summed E-state index contributed by atoms with van der Waals surface area (Å²) in [5.41, 5.74) is 7.37. The topological polar surface area (TPSA) is 12.9 Å². The van der Waals surface area contributed by atoms with Gasteiger partial charge in [-0.05, 0) is 65.0 Å². The van der Waals surface area contributed by atoms with Crippen molar-refractivity contribution in [1.82, 2.24) is 4.98 Å². The first-order valence-corrected chi connectivity index (χ1v) is 12.1. The molecule has 0 bridgehead atoms. The van der Waals surface area contributed by atoms with Gasteiger partial charge in [-0.25, -0.2) is 0 Å². The largest absolute Gasteiger partial charge is 0.257 e. The number of nitrogens with zero attached hydrogens (tertiary/aromatic N) is 1. The molecule has 2 aliphatic carbocycles. The normalized spacial score (nSPS) is 18.9. The lowest BCUT2D eigenvalue weighted by atomic mass is 9.53. The summed E-state index contributed by atoms with van der Waals surface area (Å²) in [6.45, 7) is 24.1. The lowest BCUT2D eigenvalue weighted by molar-refractivity contribution is 0.167. The summed E-state index contributed by atoms with van der Waals surface area (Å²) in [7, 11) is 0. The van der Waals surface area contributed by atoms with Crippen LogP contribution in [0.15, 0.2) is 48.7 Å². The van der Waals surface area contributed by atoms with Crippen LogP contribution in [-0.4, -0.2) is 4.98 Å². The summed E-state index contributed by atoms with van der Waals surface area (Å²) in [6, 6.07) is 15.4. The molecule has 1 nitrogen and oxygen atoms in total. The lowest BCUT2D eigenvalue weighted by Gasteiger charge is -2.50. The molecule has 2 aliphatic rings. The second kappa shape index (κ2) is 10.4. The van der Waals surface area contributed by atoms with Crippen LogP contribution in [0.5, 0.6) is 0 Å². The maximum absolute atomic E-state index is 4.79. The lowest BCUT2D eigenvalue weighted by Crippen LogP contribution is -2.46. The molecule has 1 saturated carbocycles. The van der Waals surface area contributed by atoms with E-state index in [1.54, 1.807) is 0 Å². The van der Waals surface area contributed by atoms with E-state index in [-0.39, 0.29) is 16.2 Å². The van der Waals surface area contributed by atoms with Crippen molar-refractivity contribution in [3.63, 3.8) is 0 Å². The van der Waals surface area contributed by atoms with E-state index in [2.05, 4.69) is 71.0 Å². The first-order chi connectivity index (χ1) is 14.3. The molecule has 1 heterocycles. The Hall–Kier alpha value is -1.89. The van der Waals surface area contributed by atoms with Crippen LogP contribution in [0.2, 0.25) is 0 Å². The van der Waals surface area contributed by atoms with Crippen molar-refractivity contribution < 1.29 is 0 Å². The van der Waals surface area contributed by atoms with Crippen LogP contribution in [0.25, 0.3) is 11.1 Å². The van der Waals surface area contributed by atoms with Crippen LogP contribution < -0.4 is 0 Å². The summed E-state index contributed by atoms with van der Waals surface area (Å²) in [5.74, 6) is 0. The summed E-state index contributed by atoms with van der Waals surface area (Å²) in [5, 5.41) is 0. The summed E-state index contributed by atoms with van der Waals surface area (Å²) in [6.07, 6.45) is 4.43. The zero-order valence-corrected chi connectivity index (χ0v) is 21.5. The molecule has 0 radical (unpaired) electrons. The third-order valence-electron chi connectivity index (χ3n) is 6.81. The highest BCUT2D eigenvalue weighted by atomic mass is 14.7. The summed E-state index contributed by atoms with van der Waals surface area (Å²) in [4.78, 5) is 4.79. The molecule has 0 atom stereocenters.